The fourth-order valence-corrected chi connectivity index (χ4v) is 2.52. The fraction of sp³-hybridized carbons (Fsp3) is 0.0526. The van der Waals surface area contributed by atoms with Gasteiger partial charge >= 0.3 is 0 Å². The maximum atomic E-state index is 12.4. The second-order valence-corrected chi connectivity index (χ2v) is 5.59. The highest BCUT2D eigenvalue weighted by Crippen LogP contribution is 2.19. The number of benzene rings is 2. The van der Waals surface area contributed by atoms with Gasteiger partial charge in [0.2, 0.25) is 0 Å². The zero-order valence-electron chi connectivity index (χ0n) is 13.4. The van der Waals surface area contributed by atoms with Crippen molar-refractivity contribution in [1.82, 2.24) is 15.1 Å². The Hall–Kier alpha value is -3.54. The van der Waals surface area contributed by atoms with E-state index in [0.29, 0.717) is 23.0 Å². The quantitative estimate of drug-likeness (QED) is 0.617. The zero-order valence-corrected chi connectivity index (χ0v) is 13.4. The predicted molar refractivity (Wildman–Crippen MR) is 94.2 cm³/mol. The number of carbonyl (C=O) groups excluding carboxylic acids is 1. The molecule has 0 unspecified atom stereocenters. The third-order valence-corrected chi connectivity index (χ3v) is 3.77. The van der Waals surface area contributed by atoms with Crippen molar-refractivity contribution in [3.63, 3.8) is 0 Å². The molecule has 0 bridgehead atoms. The van der Waals surface area contributed by atoms with E-state index in [4.69, 9.17) is 4.52 Å². The van der Waals surface area contributed by atoms with Crippen LogP contribution in [0.1, 0.15) is 16.2 Å². The molecular weight excluding hydrogens is 316 g/mol. The number of hydrogen-bond donors (Lipinski definition) is 1. The first-order chi connectivity index (χ1) is 12.2. The minimum absolute atomic E-state index is 0.203. The molecule has 0 saturated carbocycles. The van der Waals surface area contributed by atoms with E-state index in [1.54, 1.807) is 37.4 Å². The molecule has 0 saturated heterocycles. The first kappa shape index (κ1) is 15.0. The third-order valence-electron chi connectivity index (χ3n) is 3.77. The Morgan fingerprint density at radius 2 is 1.88 bits per heavy atom. The molecule has 2 heterocycles. The van der Waals surface area contributed by atoms with Crippen molar-refractivity contribution in [2.24, 2.45) is 0 Å². The lowest BCUT2D eigenvalue weighted by Crippen LogP contribution is -2.11. The number of nitrogens with zero attached hydrogens (tertiary/aromatic N) is 3. The highest BCUT2D eigenvalue weighted by molar-refractivity contribution is 6.05. The zero-order chi connectivity index (χ0) is 17.2. The molecule has 4 rings (SSSR count). The molecule has 0 fully saturated rings. The van der Waals surface area contributed by atoms with Crippen LogP contribution in [0.15, 0.2) is 65.3 Å². The summed E-state index contributed by atoms with van der Waals surface area (Å²) in [7, 11) is 0. The van der Waals surface area contributed by atoms with E-state index >= 15 is 0 Å². The van der Waals surface area contributed by atoms with Crippen LogP contribution in [0, 0.1) is 6.92 Å². The number of fused-ring (bicyclic) bond motifs is 1. The van der Waals surface area contributed by atoms with E-state index in [0.717, 1.165) is 16.5 Å². The van der Waals surface area contributed by atoms with Gasteiger partial charge in [0.25, 0.3) is 11.8 Å². The van der Waals surface area contributed by atoms with Gasteiger partial charge in [-0.15, -0.1) is 0 Å². The van der Waals surface area contributed by atoms with Crippen LogP contribution in [0.2, 0.25) is 0 Å². The second-order valence-electron chi connectivity index (χ2n) is 5.59. The van der Waals surface area contributed by atoms with Gasteiger partial charge in [-0.2, -0.15) is 4.98 Å². The van der Waals surface area contributed by atoms with Gasteiger partial charge in [0.1, 0.15) is 0 Å². The van der Waals surface area contributed by atoms with E-state index in [2.05, 4.69) is 20.4 Å². The standard InChI is InChI=1S/C19H14N4O2/c1-12-21-19(25-23-12)14-8-6-13(7-9-14)18(24)22-16-10-15-4-2-3-5-17(15)20-11-16/h2-11H,1H3,(H,22,24). The first-order valence-corrected chi connectivity index (χ1v) is 7.76. The van der Waals surface area contributed by atoms with E-state index in [1.165, 1.54) is 0 Å². The molecule has 4 aromatic rings. The Kier molecular flexibility index (Phi) is 3.70. The Bertz CT molecular complexity index is 1050. The summed E-state index contributed by atoms with van der Waals surface area (Å²) >= 11 is 0. The topological polar surface area (TPSA) is 80.9 Å². The number of aryl methyl sites for hydroxylation is 1. The number of para-hydroxylation sites is 1. The molecular formula is C19H14N4O2. The minimum Gasteiger partial charge on any atom is -0.334 e. The molecule has 2 aromatic heterocycles. The molecule has 6 nitrogen and oxygen atoms in total. The monoisotopic (exact) mass is 330 g/mol. The van der Waals surface area contributed by atoms with Crippen LogP contribution in [0.4, 0.5) is 5.69 Å². The Labute approximate surface area is 143 Å². The minimum atomic E-state index is -0.203. The summed E-state index contributed by atoms with van der Waals surface area (Å²) in [6.07, 6.45) is 1.65. The first-order valence-electron chi connectivity index (χ1n) is 7.76. The van der Waals surface area contributed by atoms with Crippen molar-refractivity contribution in [2.75, 3.05) is 5.32 Å². The van der Waals surface area contributed by atoms with Gasteiger partial charge in [0.05, 0.1) is 17.4 Å². The van der Waals surface area contributed by atoms with Crippen LogP contribution in [-0.2, 0) is 0 Å². The van der Waals surface area contributed by atoms with E-state index in [-0.39, 0.29) is 5.91 Å². The van der Waals surface area contributed by atoms with Crippen molar-refractivity contribution in [2.45, 2.75) is 6.92 Å². The lowest BCUT2D eigenvalue weighted by Gasteiger charge is -2.06. The number of amides is 1. The fourth-order valence-electron chi connectivity index (χ4n) is 2.52. The largest absolute Gasteiger partial charge is 0.334 e. The summed E-state index contributed by atoms with van der Waals surface area (Å²) in [5.41, 5.74) is 2.85. The van der Waals surface area contributed by atoms with Crippen LogP contribution in [0.3, 0.4) is 0 Å². The van der Waals surface area contributed by atoms with Gasteiger partial charge in [-0.3, -0.25) is 9.78 Å². The Balaban J connectivity index is 1.53. The molecule has 0 atom stereocenters. The lowest BCUT2D eigenvalue weighted by molar-refractivity contribution is 0.102. The van der Waals surface area contributed by atoms with E-state index in [1.807, 2.05) is 30.3 Å². The number of aromatic nitrogens is 3. The number of pyridine rings is 1. The average molecular weight is 330 g/mol. The van der Waals surface area contributed by atoms with Gasteiger partial charge in [-0.05, 0) is 43.3 Å². The van der Waals surface area contributed by atoms with Gasteiger partial charge < -0.3 is 9.84 Å². The van der Waals surface area contributed by atoms with Crippen LogP contribution in [0.5, 0.6) is 0 Å². The number of hydrogen-bond acceptors (Lipinski definition) is 5. The molecule has 0 radical (unpaired) electrons. The van der Waals surface area contributed by atoms with Crippen molar-refractivity contribution >= 4 is 22.5 Å². The van der Waals surface area contributed by atoms with Crippen LogP contribution in [-0.4, -0.2) is 21.0 Å². The Morgan fingerprint density at radius 1 is 1.08 bits per heavy atom. The molecule has 122 valence electrons. The molecule has 0 aliphatic rings. The highest BCUT2D eigenvalue weighted by Gasteiger charge is 2.10. The SMILES string of the molecule is Cc1noc(-c2ccc(C(=O)Nc3cnc4ccccc4c3)cc2)n1. The van der Waals surface area contributed by atoms with E-state index in [9.17, 15) is 4.79 Å². The summed E-state index contributed by atoms with van der Waals surface area (Å²) in [4.78, 5) is 20.9. The molecule has 6 heteroatoms. The summed E-state index contributed by atoms with van der Waals surface area (Å²) < 4.78 is 5.12. The van der Waals surface area contributed by atoms with Gasteiger partial charge in [0, 0.05) is 16.5 Å². The predicted octanol–water partition coefficient (Wildman–Crippen LogP) is 3.85. The summed E-state index contributed by atoms with van der Waals surface area (Å²) in [6, 6.07) is 16.7. The summed E-state index contributed by atoms with van der Waals surface area (Å²) in [5.74, 6) is 0.800. The number of carbonyl (C=O) groups is 1. The van der Waals surface area contributed by atoms with Gasteiger partial charge in [-0.25, -0.2) is 0 Å². The average Bonchev–Trinajstić information content (AvgIpc) is 3.08. The maximum Gasteiger partial charge on any atom is 0.257 e. The summed E-state index contributed by atoms with van der Waals surface area (Å²) in [5, 5.41) is 7.59. The molecule has 0 aliphatic heterocycles. The molecule has 1 amide bonds. The molecule has 0 spiro atoms. The molecule has 2 aromatic carbocycles. The highest BCUT2D eigenvalue weighted by atomic mass is 16.5. The molecule has 25 heavy (non-hydrogen) atoms. The summed E-state index contributed by atoms with van der Waals surface area (Å²) in [6.45, 7) is 1.76. The van der Waals surface area contributed by atoms with Crippen molar-refractivity contribution in [3.8, 4) is 11.5 Å². The van der Waals surface area contributed by atoms with Gasteiger partial charge in [-0.1, -0.05) is 23.4 Å². The van der Waals surface area contributed by atoms with Crippen LogP contribution in [0.25, 0.3) is 22.4 Å². The van der Waals surface area contributed by atoms with Crippen molar-refractivity contribution in [1.29, 1.82) is 0 Å². The van der Waals surface area contributed by atoms with Crippen molar-refractivity contribution in [3.05, 3.63) is 72.2 Å². The number of anilines is 1. The number of nitrogens with one attached hydrogen (secondary N) is 1. The number of rotatable bonds is 3. The third kappa shape index (κ3) is 3.10. The molecule has 1 N–H and O–H groups in total. The van der Waals surface area contributed by atoms with Crippen LogP contribution >= 0.6 is 0 Å². The molecule has 0 aliphatic carbocycles. The normalized spacial score (nSPS) is 10.8. The second kappa shape index (κ2) is 6.16. The van der Waals surface area contributed by atoms with Gasteiger partial charge in [0.15, 0.2) is 5.82 Å². The van der Waals surface area contributed by atoms with E-state index < -0.39 is 0 Å². The maximum absolute atomic E-state index is 12.4. The smallest absolute Gasteiger partial charge is 0.257 e. The van der Waals surface area contributed by atoms with Crippen molar-refractivity contribution < 1.29 is 9.32 Å². The lowest BCUT2D eigenvalue weighted by atomic mass is 10.1. The Morgan fingerprint density at radius 3 is 2.64 bits per heavy atom. The van der Waals surface area contributed by atoms with Crippen LogP contribution < -0.4 is 5.32 Å².